The number of carbonyl (C=O) groups is 3. The Bertz CT molecular complexity index is 606. The molecule has 0 radical (unpaired) electrons. The lowest BCUT2D eigenvalue weighted by Gasteiger charge is -2.42. The third kappa shape index (κ3) is 3.08. The Morgan fingerprint density at radius 1 is 1.46 bits per heavy atom. The lowest BCUT2D eigenvalue weighted by molar-refractivity contribution is -0.147. The molecule has 1 amide bonds. The number of carbonyl (C=O) groups excluding carboxylic acids is 2. The Morgan fingerprint density at radius 3 is 2.83 bits per heavy atom. The lowest BCUT2D eigenvalue weighted by Crippen LogP contribution is -2.52. The Kier molecular flexibility index (Phi) is 4.71. The van der Waals surface area contributed by atoms with Crippen LogP contribution in [-0.4, -0.2) is 54.1 Å². The monoisotopic (exact) mass is 334 g/mol. The van der Waals surface area contributed by atoms with Crippen LogP contribution in [0.4, 0.5) is 0 Å². The molecule has 2 unspecified atom stereocenters. The van der Waals surface area contributed by atoms with E-state index in [1.54, 1.807) is 12.0 Å². The summed E-state index contributed by atoms with van der Waals surface area (Å²) in [5.41, 5.74) is 1.77. The maximum atomic E-state index is 12.7. The van der Waals surface area contributed by atoms with E-state index in [-0.39, 0.29) is 30.4 Å². The minimum Gasteiger partial charge on any atom is -0.481 e. The first-order chi connectivity index (χ1) is 11.5. The molecule has 1 saturated carbocycles. The smallest absolute Gasteiger partial charge is 0.303 e. The number of nitrogens with zero attached hydrogens (tertiary/aromatic N) is 1. The van der Waals surface area contributed by atoms with Crippen LogP contribution >= 0.6 is 0 Å². The van der Waals surface area contributed by atoms with Crippen LogP contribution in [0.2, 0.25) is 0 Å². The van der Waals surface area contributed by atoms with Gasteiger partial charge in [-0.25, -0.2) is 0 Å². The highest BCUT2D eigenvalue weighted by molar-refractivity contribution is 5.85. The van der Waals surface area contributed by atoms with Crippen LogP contribution in [0.3, 0.4) is 0 Å². The molecule has 1 aliphatic carbocycles. The molecule has 0 bridgehead atoms. The highest BCUT2D eigenvalue weighted by atomic mass is 16.5. The number of ether oxygens (including phenoxy) is 1. The summed E-state index contributed by atoms with van der Waals surface area (Å²) in [6, 6.07) is -0.582. The van der Waals surface area contributed by atoms with Crippen molar-refractivity contribution in [2.24, 2.45) is 11.8 Å². The largest absolute Gasteiger partial charge is 0.481 e. The molecule has 3 rings (SSSR count). The zero-order valence-corrected chi connectivity index (χ0v) is 13.6. The van der Waals surface area contributed by atoms with Crippen molar-refractivity contribution in [1.82, 2.24) is 10.2 Å². The van der Waals surface area contributed by atoms with Crippen LogP contribution in [-0.2, 0) is 19.1 Å². The fourth-order valence-electron chi connectivity index (χ4n) is 3.74. The number of aliphatic carboxylic acids is 1. The lowest BCUT2D eigenvalue weighted by atomic mass is 9.72. The van der Waals surface area contributed by atoms with Gasteiger partial charge in [-0.1, -0.05) is 6.08 Å². The van der Waals surface area contributed by atoms with E-state index in [9.17, 15) is 14.4 Å². The number of methoxy groups -OCH3 is 1. The maximum absolute atomic E-state index is 12.7. The number of carboxylic acids is 1. The van der Waals surface area contributed by atoms with Gasteiger partial charge in [0.25, 0.3) is 0 Å². The van der Waals surface area contributed by atoms with Crippen LogP contribution in [0.1, 0.15) is 25.7 Å². The predicted octanol–water partition coefficient (Wildman–Crippen LogP) is 0.673. The molecular formula is C17H22N2O5. The summed E-state index contributed by atoms with van der Waals surface area (Å²) >= 11 is 0. The molecule has 3 aliphatic rings. The summed E-state index contributed by atoms with van der Waals surface area (Å²) in [4.78, 5) is 36.7. The van der Waals surface area contributed by atoms with Gasteiger partial charge in [-0.2, -0.15) is 0 Å². The molecule has 0 aromatic carbocycles. The van der Waals surface area contributed by atoms with E-state index in [4.69, 9.17) is 9.84 Å². The van der Waals surface area contributed by atoms with Crippen LogP contribution in [0.15, 0.2) is 23.4 Å². The molecule has 2 atom stereocenters. The first kappa shape index (κ1) is 16.7. The SMILES string of the molecule is COC1C=CC2=C(CCN(C(=O)C3CC(CC(=O)O)C3)C2C=O)N1. The third-order valence-corrected chi connectivity index (χ3v) is 5.09. The number of hydrogen-bond donors (Lipinski definition) is 2. The Balaban J connectivity index is 1.66. The number of hydrogen-bond acceptors (Lipinski definition) is 5. The van der Waals surface area contributed by atoms with E-state index < -0.39 is 12.0 Å². The molecule has 7 nitrogen and oxygen atoms in total. The summed E-state index contributed by atoms with van der Waals surface area (Å²) in [6.07, 6.45) is 6.24. The van der Waals surface area contributed by atoms with Gasteiger partial charge in [-0.15, -0.1) is 0 Å². The standard InChI is InChI=1S/C17H22N2O5/c1-24-15-3-2-12-13(18-15)4-5-19(14(12)9-20)17(23)11-6-10(7-11)8-16(21)22/h2-3,9-11,14-15,18H,4-8H2,1H3,(H,21,22). The molecule has 0 aromatic heterocycles. The van der Waals surface area contributed by atoms with E-state index in [1.807, 2.05) is 12.2 Å². The topological polar surface area (TPSA) is 95.9 Å². The van der Waals surface area contributed by atoms with Gasteiger partial charge in [0.05, 0.1) is 0 Å². The van der Waals surface area contributed by atoms with Crippen molar-refractivity contribution in [3.05, 3.63) is 23.4 Å². The molecule has 2 heterocycles. The van der Waals surface area contributed by atoms with E-state index in [2.05, 4.69) is 5.32 Å². The van der Waals surface area contributed by atoms with Gasteiger partial charge in [0.1, 0.15) is 18.6 Å². The zero-order chi connectivity index (χ0) is 17.3. The van der Waals surface area contributed by atoms with Gasteiger partial charge < -0.3 is 24.9 Å². The van der Waals surface area contributed by atoms with Gasteiger partial charge in [-0.3, -0.25) is 9.59 Å². The van der Waals surface area contributed by atoms with Crippen LogP contribution in [0, 0.1) is 11.8 Å². The van der Waals surface area contributed by atoms with Crippen molar-refractivity contribution >= 4 is 18.2 Å². The first-order valence-corrected chi connectivity index (χ1v) is 8.21. The van der Waals surface area contributed by atoms with Crippen LogP contribution in [0.25, 0.3) is 0 Å². The van der Waals surface area contributed by atoms with Crippen LogP contribution < -0.4 is 5.32 Å². The number of amides is 1. The fraction of sp³-hybridized carbons (Fsp3) is 0.588. The molecule has 1 fully saturated rings. The summed E-state index contributed by atoms with van der Waals surface area (Å²) < 4.78 is 5.24. The van der Waals surface area contributed by atoms with Gasteiger partial charge in [0.15, 0.2) is 0 Å². The Labute approximate surface area is 140 Å². The first-order valence-electron chi connectivity index (χ1n) is 8.21. The van der Waals surface area contributed by atoms with Crippen molar-refractivity contribution in [3.8, 4) is 0 Å². The number of carboxylic acid groups (broad SMARTS) is 1. The van der Waals surface area contributed by atoms with Crippen molar-refractivity contribution in [3.63, 3.8) is 0 Å². The second-order valence-electron chi connectivity index (χ2n) is 6.59. The highest BCUT2D eigenvalue weighted by Gasteiger charge is 2.41. The van der Waals surface area contributed by atoms with E-state index in [0.717, 1.165) is 17.6 Å². The Hall–Kier alpha value is -2.15. The average molecular weight is 334 g/mol. The average Bonchev–Trinajstić information content (AvgIpc) is 2.55. The maximum Gasteiger partial charge on any atom is 0.303 e. The molecule has 2 N–H and O–H groups in total. The van der Waals surface area contributed by atoms with Gasteiger partial charge in [0, 0.05) is 43.7 Å². The molecule has 24 heavy (non-hydrogen) atoms. The molecular weight excluding hydrogens is 312 g/mol. The van der Waals surface area contributed by atoms with Crippen molar-refractivity contribution < 1.29 is 24.2 Å². The van der Waals surface area contributed by atoms with Crippen molar-refractivity contribution in [1.29, 1.82) is 0 Å². The molecule has 0 spiro atoms. The van der Waals surface area contributed by atoms with E-state index in [0.29, 0.717) is 25.8 Å². The van der Waals surface area contributed by atoms with Crippen molar-refractivity contribution in [2.75, 3.05) is 13.7 Å². The predicted molar refractivity (Wildman–Crippen MR) is 84.7 cm³/mol. The molecule has 7 heteroatoms. The second kappa shape index (κ2) is 6.76. The third-order valence-electron chi connectivity index (χ3n) is 5.09. The minimum atomic E-state index is -0.824. The quantitative estimate of drug-likeness (QED) is 0.718. The van der Waals surface area contributed by atoms with Gasteiger partial charge in [-0.05, 0) is 24.8 Å². The summed E-state index contributed by atoms with van der Waals surface area (Å²) in [7, 11) is 1.60. The molecule has 2 aliphatic heterocycles. The van der Waals surface area contributed by atoms with Crippen LogP contribution in [0.5, 0.6) is 0 Å². The van der Waals surface area contributed by atoms with Crippen molar-refractivity contribution in [2.45, 2.75) is 38.0 Å². The second-order valence-corrected chi connectivity index (χ2v) is 6.59. The Morgan fingerprint density at radius 2 is 2.21 bits per heavy atom. The highest BCUT2D eigenvalue weighted by Crippen LogP contribution is 2.39. The fourth-order valence-corrected chi connectivity index (χ4v) is 3.74. The number of rotatable bonds is 5. The normalized spacial score (nSPS) is 31.8. The zero-order valence-electron chi connectivity index (χ0n) is 13.6. The van der Waals surface area contributed by atoms with Gasteiger partial charge >= 0.3 is 5.97 Å². The number of dihydropyridines is 1. The minimum absolute atomic E-state index is 0.0393. The molecule has 130 valence electrons. The summed E-state index contributed by atoms with van der Waals surface area (Å²) in [6.45, 7) is 0.485. The summed E-state index contributed by atoms with van der Waals surface area (Å²) in [5.74, 6) is -0.950. The van der Waals surface area contributed by atoms with E-state index in [1.165, 1.54) is 0 Å². The number of nitrogens with one attached hydrogen (secondary N) is 1. The van der Waals surface area contributed by atoms with E-state index >= 15 is 0 Å². The summed E-state index contributed by atoms with van der Waals surface area (Å²) in [5, 5.41) is 12.0. The number of aldehydes is 1. The molecule has 0 aromatic rings. The van der Waals surface area contributed by atoms with Gasteiger partial charge in [0.2, 0.25) is 5.91 Å². The molecule has 0 saturated heterocycles.